The van der Waals surface area contributed by atoms with Gasteiger partial charge in [0.25, 0.3) is 0 Å². The molecule has 0 unspecified atom stereocenters. The molecule has 2 amide bonds. The van der Waals surface area contributed by atoms with Crippen molar-refractivity contribution in [1.82, 2.24) is 0 Å². The minimum Gasteiger partial charge on any atom is -0.506 e. The summed E-state index contributed by atoms with van der Waals surface area (Å²) in [6, 6.07) is 4.35. The van der Waals surface area contributed by atoms with Crippen molar-refractivity contribution in [2.24, 2.45) is 11.8 Å². The number of imide groups is 1. The number of halogens is 3. The van der Waals surface area contributed by atoms with Crippen molar-refractivity contribution in [3.8, 4) is 5.75 Å². The molecule has 112 valence electrons. The molecule has 1 aliphatic heterocycles. The molecule has 7 heteroatoms. The number of phenolic OH excluding ortho intramolecular Hbond substituents is 1. The van der Waals surface area contributed by atoms with Gasteiger partial charge < -0.3 is 5.11 Å². The van der Waals surface area contributed by atoms with Crippen LogP contribution in [0.2, 0.25) is 5.02 Å². The van der Waals surface area contributed by atoms with Crippen molar-refractivity contribution in [2.75, 3.05) is 4.90 Å². The molecular formula is C14H12Br2ClNO3. The zero-order valence-corrected chi connectivity index (χ0v) is 14.7. The lowest BCUT2D eigenvalue weighted by atomic mass is 9.81. The van der Waals surface area contributed by atoms with Crippen LogP contribution in [-0.2, 0) is 9.59 Å². The molecule has 4 atom stereocenters. The molecule has 1 aliphatic carbocycles. The van der Waals surface area contributed by atoms with E-state index in [9.17, 15) is 14.7 Å². The number of nitrogens with zero attached hydrogens (tertiary/aromatic N) is 1. The predicted octanol–water partition coefficient (Wildman–Crippen LogP) is 3.47. The third-order valence-electron chi connectivity index (χ3n) is 4.09. The number of carbonyl (C=O) groups excluding carboxylic acids is 2. The maximum atomic E-state index is 12.6. The average molecular weight is 438 g/mol. The Morgan fingerprint density at radius 1 is 1.10 bits per heavy atom. The minimum atomic E-state index is -0.339. The van der Waals surface area contributed by atoms with Crippen LogP contribution in [0.25, 0.3) is 0 Å². The van der Waals surface area contributed by atoms with Gasteiger partial charge >= 0.3 is 0 Å². The molecule has 2 aliphatic rings. The molecule has 0 radical (unpaired) electrons. The van der Waals surface area contributed by atoms with E-state index in [1.54, 1.807) is 0 Å². The van der Waals surface area contributed by atoms with Crippen LogP contribution in [-0.4, -0.2) is 26.6 Å². The lowest BCUT2D eigenvalue weighted by molar-refractivity contribution is -0.122. The molecule has 0 spiro atoms. The van der Waals surface area contributed by atoms with E-state index in [0.29, 0.717) is 17.9 Å². The summed E-state index contributed by atoms with van der Waals surface area (Å²) in [7, 11) is 0. The highest BCUT2D eigenvalue weighted by atomic mass is 79.9. The van der Waals surface area contributed by atoms with Gasteiger partial charge in [-0.15, -0.1) is 0 Å². The van der Waals surface area contributed by atoms with Gasteiger partial charge in [0.1, 0.15) is 5.75 Å². The monoisotopic (exact) mass is 435 g/mol. The summed E-state index contributed by atoms with van der Waals surface area (Å²) in [5.74, 6) is -1.31. The summed E-state index contributed by atoms with van der Waals surface area (Å²) in [6.07, 6.45) is 1.20. The van der Waals surface area contributed by atoms with Gasteiger partial charge in [0.2, 0.25) is 11.8 Å². The smallest absolute Gasteiger partial charge is 0.237 e. The molecule has 1 aromatic rings. The predicted molar refractivity (Wildman–Crippen MR) is 87.3 cm³/mol. The number of carbonyl (C=O) groups is 2. The Morgan fingerprint density at radius 2 is 1.62 bits per heavy atom. The van der Waals surface area contributed by atoms with E-state index in [0.717, 1.165) is 4.90 Å². The van der Waals surface area contributed by atoms with Crippen LogP contribution in [0.3, 0.4) is 0 Å². The van der Waals surface area contributed by atoms with E-state index >= 15 is 0 Å². The maximum Gasteiger partial charge on any atom is 0.237 e. The Hall–Kier alpha value is -0.590. The van der Waals surface area contributed by atoms with Gasteiger partial charge in [-0.2, -0.15) is 0 Å². The Labute approximate surface area is 143 Å². The molecule has 2 fully saturated rings. The van der Waals surface area contributed by atoms with Crippen LogP contribution in [0.4, 0.5) is 5.69 Å². The highest BCUT2D eigenvalue weighted by molar-refractivity contribution is 9.12. The molecule has 1 saturated carbocycles. The quantitative estimate of drug-likeness (QED) is 0.541. The van der Waals surface area contributed by atoms with Gasteiger partial charge in [0.05, 0.1) is 17.5 Å². The first-order chi connectivity index (χ1) is 9.90. The number of aromatic hydroxyl groups is 1. The summed E-state index contributed by atoms with van der Waals surface area (Å²) < 4.78 is 0. The zero-order valence-electron chi connectivity index (χ0n) is 10.8. The van der Waals surface area contributed by atoms with Crippen LogP contribution in [0.1, 0.15) is 12.8 Å². The van der Waals surface area contributed by atoms with Crippen molar-refractivity contribution in [1.29, 1.82) is 0 Å². The van der Waals surface area contributed by atoms with Gasteiger partial charge in [-0.3, -0.25) is 9.59 Å². The summed E-state index contributed by atoms with van der Waals surface area (Å²) in [4.78, 5) is 26.6. The maximum absolute atomic E-state index is 12.6. The van der Waals surface area contributed by atoms with Crippen LogP contribution in [0.5, 0.6) is 5.75 Å². The second-order valence-corrected chi connectivity index (χ2v) is 8.15. The van der Waals surface area contributed by atoms with Crippen molar-refractivity contribution >= 4 is 61.0 Å². The largest absolute Gasteiger partial charge is 0.506 e. The summed E-state index contributed by atoms with van der Waals surface area (Å²) in [5, 5.41) is 10.3. The van der Waals surface area contributed by atoms with Gasteiger partial charge in [0.15, 0.2) is 0 Å². The number of fused-ring (bicyclic) bond motifs is 1. The summed E-state index contributed by atoms with van der Waals surface area (Å²) in [5.41, 5.74) is 0.171. The SMILES string of the molecule is O=C1[C@H]2C[C@@H](Br)[C@H](Br)C[C@@H]2C(=O)N1c1cc(Cl)ccc1O. The fraction of sp³-hybridized carbons (Fsp3) is 0.429. The number of phenols is 1. The van der Waals surface area contributed by atoms with E-state index in [1.165, 1.54) is 18.2 Å². The molecule has 21 heavy (non-hydrogen) atoms. The summed E-state index contributed by atoms with van der Waals surface area (Å²) in [6.45, 7) is 0. The van der Waals surface area contributed by atoms with Gasteiger partial charge in [0, 0.05) is 14.7 Å². The third kappa shape index (κ3) is 2.51. The van der Waals surface area contributed by atoms with Crippen molar-refractivity contribution in [3.63, 3.8) is 0 Å². The van der Waals surface area contributed by atoms with Crippen LogP contribution in [0, 0.1) is 11.8 Å². The second kappa shape index (κ2) is 5.56. The highest BCUT2D eigenvalue weighted by Gasteiger charge is 2.52. The molecule has 0 bridgehead atoms. The Kier molecular flexibility index (Phi) is 4.05. The van der Waals surface area contributed by atoms with Crippen molar-refractivity contribution in [2.45, 2.75) is 22.5 Å². The minimum absolute atomic E-state index is 0.120. The average Bonchev–Trinajstić information content (AvgIpc) is 2.66. The topological polar surface area (TPSA) is 57.6 Å². The lowest BCUT2D eigenvalue weighted by Crippen LogP contribution is -2.34. The molecular weight excluding hydrogens is 425 g/mol. The normalized spacial score (nSPS) is 32.4. The van der Waals surface area contributed by atoms with E-state index in [4.69, 9.17) is 11.6 Å². The highest BCUT2D eigenvalue weighted by Crippen LogP contribution is 2.46. The third-order valence-corrected chi connectivity index (χ3v) is 7.06. The van der Waals surface area contributed by atoms with Gasteiger partial charge in [-0.1, -0.05) is 43.5 Å². The molecule has 4 nitrogen and oxygen atoms in total. The molecule has 1 saturated heterocycles. The van der Waals surface area contributed by atoms with E-state index in [1.807, 2.05) is 0 Å². The van der Waals surface area contributed by atoms with Crippen molar-refractivity contribution < 1.29 is 14.7 Å². The number of anilines is 1. The molecule has 3 rings (SSSR count). The molecule has 1 N–H and O–H groups in total. The first-order valence-electron chi connectivity index (χ1n) is 6.54. The first-order valence-corrected chi connectivity index (χ1v) is 8.75. The van der Waals surface area contributed by atoms with E-state index < -0.39 is 0 Å². The zero-order chi connectivity index (χ0) is 15.3. The van der Waals surface area contributed by atoms with Gasteiger partial charge in [-0.05, 0) is 31.0 Å². The van der Waals surface area contributed by atoms with Crippen LogP contribution < -0.4 is 4.90 Å². The summed E-state index contributed by atoms with van der Waals surface area (Å²) >= 11 is 13.0. The molecule has 1 aromatic carbocycles. The Morgan fingerprint density at radius 3 is 2.14 bits per heavy atom. The molecule has 1 heterocycles. The van der Waals surface area contributed by atoms with E-state index in [-0.39, 0.29) is 44.7 Å². The second-order valence-electron chi connectivity index (χ2n) is 5.36. The Balaban J connectivity index is 2.00. The van der Waals surface area contributed by atoms with Crippen molar-refractivity contribution in [3.05, 3.63) is 23.2 Å². The fourth-order valence-electron chi connectivity index (χ4n) is 3.01. The number of hydrogen-bond donors (Lipinski definition) is 1. The fourth-order valence-corrected chi connectivity index (χ4v) is 4.41. The number of alkyl halides is 2. The molecule has 0 aromatic heterocycles. The first kappa shape index (κ1) is 15.3. The standard InChI is InChI=1S/C14H12Br2ClNO3/c15-9-4-7-8(5-10(9)16)14(21)18(13(7)20)11-3-6(17)1-2-12(11)19/h1-3,7-10,19H,4-5H2/t7-,8-,9+,10+/m0/s1. The number of amides is 2. The van der Waals surface area contributed by atoms with Gasteiger partial charge in [-0.25, -0.2) is 4.90 Å². The lowest BCUT2D eigenvalue weighted by Gasteiger charge is -2.29. The number of benzene rings is 1. The number of hydrogen-bond acceptors (Lipinski definition) is 3. The van der Waals surface area contributed by atoms with E-state index in [2.05, 4.69) is 31.9 Å². The Bertz CT molecular complexity index is 596. The van der Waals surface area contributed by atoms with Crippen LogP contribution in [0.15, 0.2) is 18.2 Å². The number of rotatable bonds is 1. The van der Waals surface area contributed by atoms with Crippen LogP contribution >= 0.6 is 43.5 Å².